The summed E-state index contributed by atoms with van der Waals surface area (Å²) >= 11 is 0. The van der Waals surface area contributed by atoms with Crippen molar-refractivity contribution in [2.45, 2.75) is 84.2 Å². The van der Waals surface area contributed by atoms with Crippen molar-refractivity contribution in [3.8, 4) is 0 Å². The van der Waals surface area contributed by atoms with Crippen molar-refractivity contribution in [3.63, 3.8) is 0 Å². The summed E-state index contributed by atoms with van der Waals surface area (Å²) in [4.78, 5) is 11.4. The van der Waals surface area contributed by atoms with E-state index in [0.717, 1.165) is 32.1 Å². The first-order valence-corrected chi connectivity index (χ1v) is 7.54. The number of aliphatic hydroxyl groups excluding tert-OH is 1. The largest absolute Gasteiger partial charge is 0.466 e. The minimum Gasteiger partial charge on any atom is -0.466 e. The maximum Gasteiger partial charge on any atom is 0.305 e. The molecule has 0 amide bonds. The Hall–Kier alpha value is -0.570. The van der Waals surface area contributed by atoms with E-state index in [1.807, 2.05) is 0 Å². The number of unbranched alkanes of at least 4 members (excludes halogenated alkanes) is 5. The number of hydrogen-bond donors (Lipinski definition) is 1. The molecule has 1 atom stereocenters. The number of hydrogen-bond acceptors (Lipinski definition) is 3. The monoisotopic (exact) mass is 258 g/mol. The van der Waals surface area contributed by atoms with Crippen LogP contribution in [0.1, 0.15) is 78.1 Å². The quantitative estimate of drug-likeness (QED) is 0.427. The van der Waals surface area contributed by atoms with Gasteiger partial charge in [-0.3, -0.25) is 4.79 Å². The van der Waals surface area contributed by atoms with Crippen molar-refractivity contribution in [2.24, 2.45) is 0 Å². The summed E-state index contributed by atoms with van der Waals surface area (Å²) < 4.78 is 5.10. The molecule has 0 aliphatic heterocycles. The predicted octanol–water partition coefficient (Wildman–Crippen LogP) is 3.83. The van der Waals surface area contributed by atoms with Gasteiger partial charge in [-0.15, -0.1) is 0 Å². The fraction of sp³-hybridized carbons (Fsp3) is 0.933. The molecule has 18 heavy (non-hydrogen) atoms. The number of carbonyl (C=O) groups excluding carboxylic acids is 1. The molecule has 108 valence electrons. The molecule has 0 aromatic carbocycles. The standard InChI is InChI=1S/C15H30O3/c1-3-5-7-8-9-11-15(17)18-13-12-14(16)10-6-4-2/h14,16H,3-13H2,1-2H3. The highest BCUT2D eigenvalue weighted by atomic mass is 16.5. The van der Waals surface area contributed by atoms with Crippen LogP contribution >= 0.6 is 0 Å². The molecule has 0 aliphatic rings. The van der Waals surface area contributed by atoms with Crippen molar-refractivity contribution < 1.29 is 14.6 Å². The van der Waals surface area contributed by atoms with Crippen molar-refractivity contribution in [2.75, 3.05) is 6.61 Å². The van der Waals surface area contributed by atoms with E-state index in [1.54, 1.807) is 0 Å². The molecule has 3 nitrogen and oxygen atoms in total. The molecular weight excluding hydrogens is 228 g/mol. The van der Waals surface area contributed by atoms with Gasteiger partial charge in [-0.25, -0.2) is 0 Å². The Labute approximate surface area is 112 Å². The number of esters is 1. The van der Waals surface area contributed by atoms with Gasteiger partial charge in [0.05, 0.1) is 12.7 Å². The average Bonchev–Trinajstić information content (AvgIpc) is 2.36. The first-order chi connectivity index (χ1) is 8.70. The van der Waals surface area contributed by atoms with Gasteiger partial charge in [0.1, 0.15) is 0 Å². The molecule has 0 aromatic rings. The van der Waals surface area contributed by atoms with Crippen molar-refractivity contribution in [1.29, 1.82) is 0 Å². The maximum absolute atomic E-state index is 11.4. The fourth-order valence-electron chi connectivity index (χ4n) is 1.84. The molecule has 1 N–H and O–H groups in total. The van der Waals surface area contributed by atoms with Crippen LogP contribution in [0, 0.1) is 0 Å². The lowest BCUT2D eigenvalue weighted by Crippen LogP contribution is -2.13. The summed E-state index contributed by atoms with van der Waals surface area (Å²) in [7, 11) is 0. The summed E-state index contributed by atoms with van der Waals surface area (Å²) in [6, 6.07) is 0. The van der Waals surface area contributed by atoms with Gasteiger partial charge in [0.25, 0.3) is 0 Å². The normalized spacial score (nSPS) is 12.4. The van der Waals surface area contributed by atoms with Gasteiger partial charge in [-0.1, -0.05) is 52.4 Å². The second-order valence-electron chi connectivity index (χ2n) is 4.97. The summed E-state index contributed by atoms with van der Waals surface area (Å²) in [6.45, 7) is 4.64. The molecule has 0 aromatic heterocycles. The van der Waals surface area contributed by atoms with Crippen LogP contribution in [0.3, 0.4) is 0 Å². The Kier molecular flexibility index (Phi) is 12.5. The molecule has 3 heteroatoms. The fourth-order valence-corrected chi connectivity index (χ4v) is 1.84. The smallest absolute Gasteiger partial charge is 0.305 e. The van der Waals surface area contributed by atoms with Crippen molar-refractivity contribution >= 4 is 5.97 Å². The highest BCUT2D eigenvalue weighted by Gasteiger charge is 2.06. The third kappa shape index (κ3) is 11.9. The van der Waals surface area contributed by atoms with Crippen LogP contribution in [0.25, 0.3) is 0 Å². The zero-order chi connectivity index (χ0) is 13.6. The molecule has 1 unspecified atom stereocenters. The lowest BCUT2D eigenvalue weighted by atomic mass is 10.1. The summed E-state index contributed by atoms with van der Waals surface area (Å²) in [5.41, 5.74) is 0. The molecule has 0 saturated heterocycles. The van der Waals surface area contributed by atoms with Gasteiger partial charge < -0.3 is 9.84 Å². The SMILES string of the molecule is CCCCCCCC(=O)OCCC(O)CCCC. The molecule has 0 bridgehead atoms. The summed E-state index contributed by atoms with van der Waals surface area (Å²) in [6.07, 6.45) is 9.43. The average molecular weight is 258 g/mol. The summed E-state index contributed by atoms with van der Waals surface area (Å²) in [5, 5.41) is 9.58. The van der Waals surface area contributed by atoms with Crippen LogP contribution < -0.4 is 0 Å². The van der Waals surface area contributed by atoms with E-state index in [-0.39, 0.29) is 12.1 Å². The van der Waals surface area contributed by atoms with Gasteiger partial charge in [-0.2, -0.15) is 0 Å². The van der Waals surface area contributed by atoms with E-state index in [1.165, 1.54) is 19.3 Å². The van der Waals surface area contributed by atoms with Gasteiger partial charge in [0.15, 0.2) is 0 Å². The third-order valence-electron chi connectivity index (χ3n) is 3.09. The molecule has 0 rings (SSSR count). The van der Waals surface area contributed by atoms with Crippen LogP contribution in [-0.4, -0.2) is 23.8 Å². The molecule has 0 heterocycles. The van der Waals surface area contributed by atoms with E-state index in [2.05, 4.69) is 13.8 Å². The molecule has 0 aliphatic carbocycles. The Balaban J connectivity index is 3.31. The second-order valence-corrected chi connectivity index (χ2v) is 4.97. The highest BCUT2D eigenvalue weighted by Crippen LogP contribution is 2.07. The van der Waals surface area contributed by atoms with E-state index in [4.69, 9.17) is 4.74 Å². The molecule has 0 fully saturated rings. The molecular formula is C15H30O3. The predicted molar refractivity (Wildman–Crippen MR) is 74.5 cm³/mol. The zero-order valence-corrected chi connectivity index (χ0v) is 12.1. The topological polar surface area (TPSA) is 46.5 Å². The van der Waals surface area contributed by atoms with Crippen molar-refractivity contribution in [3.05, 3.63) is 0 Å². The molecule has 0 saturated carbocycles. The Morgan fingerprint density at radius 3 is 2.33 bits per heavy atom. The summed E-state index contributed by atoms with van der Waals surface area (Å²) in [5.74, 6) is -0.116. The van der Waals surface area contributed by atoms with Gasteiger partial charge in [0.2, 0.25) is 0 Å². The van der Waals surface area contributed by atoms with Crippen LogP contribution in [-0.2, 0) is 9.53 Å². The first-order valence-electron chi connectivity index (χ1n) is 7.54. The molecule has 0 radical (unpaired) electrons. The first kappa shape index (κ1) is 17.4. The highest BCUT2D eigenvalue weighted by molar-refractivity contribution is 5.69. The number of rotatable bonds is 12. The van der Waals surface area contributed by atoms with Crippen LogP contribution in [0.2, 0.25) is 0 Å². The van der Waals surface area contributed by atoms with Crippen LogP contribution in [0.5, 0.6) is 0 Å². The van der Waals surface area contributed by atoms with E-state index < -0.39 is 0 Å². The molecule has 0 spiro atoms. The Morgan fingerprint density at radius 1 is 1.00 bits per heavy atom. The Morgan fingerprint density at radius 2 is 1.67 bits per heavy atom. The minimum atomic E-state index is -0.317. The second kappa shape index (κ2) is 12.9. The number of carbonyl (C=O) groups is 1. The van der Waals surface area contributed by atoms with E-state index in [0.29, 0.717) is 19.4 Å². The number of ether oxygens (including phenoxy) is 1. The van der Waals surface area contributed by atoms with Crippen molar-refractivity contribution in [1.82, 2.24) is 0 Å². The van der Waals surface area contributed by atoms with Gasteiger partial charge >= 0.3 is 5.97 Å². The van der Waals surface area contributed by atoms with Gasteiger partial charge in [0, 0.05) is 12.8 Å². The lowest BCUT2D eigenvalue weighted by molar-refractivity contribution is -0.144. The minimum absolute atomic E-state index is 0.116. The third-order valence-corrected chi connectivity index (χ3v) is 3.09. The van der Waals surface area contributed by atoms with E-state index in [9.17, 15) is 9.90 Å². The van der Waals surface area contributed by atoms with Gasteiger partial charge in [-0.05, 0) is 12.8 Å². The maximum atomic E-state index is 11.4. The zero-order valence-electron chi connectivity index (χ0n) is 12.1. The van der Waals surface area contributed by atoms with E-state index >= 15 is 0 Å². The van der Waals surface area contributed by atoms with Crippen LogP contribution in [0.15, 0.2) is 0 Å². The lowest BCUT2D eigenvalue weighted by Gasteiger charge is -2.10. The Bertz CT molecular complexity index is 192. The number of aliphatic hydroxyl groups is 1. The van der Waals surface area contributed by atoms with Crippen LogP contribution in [0.4, 0.5) is 0 Å².